The van der Waals surface area contributed by atoms with Crippen LogP contribution in [-0.4, -0.2) is 5.11 Å². The molecule has 2 atom stereocenters. The molecule has 1 aromatic rings. The highest BCUT2D eigenvalue weighted by Gasteiger charge is 2.13. The highest BCUT2D eigenvalue weighted by molar-refractivity contribution is 5.37. The third-order valence-electron chi connectivity index (χ3n) is 2.46. The monoisotopic (exact) mass is 175 g/mol. The predicted molar refractivity (Wildman–Crippen MR) is 53.8 cm³/mol. The van der Waals surface area contributed by atoms with Gasteiger partial charge in [0.15, 0.2) is 0 Å². The minimum Gasteiger partial charge on any atom is -0.508 e. The van der Waals surface area contributed by atoms with E-state index in [9.17, 15) is 5.11 Å². The minimum atomic E-state index is -0.0582. The van der Waals surface area contributed by atoms with Crippen molar-refractivity contribution in [1.82, 2.24) is 0 Å². The summed E-state index contributed by atoms with van der Waals surface area (Å²) in [6.07, 6.45) is 5.74. The number of allylic oxidation sites excluding steroid dienone is 2. The fourth-order valence-electron chi connectivity index (χ4n) is 1.74. The van der Waals surface area contributed by atoms with E-state index >= 15 is 0 Å². The largest absolute Gasteiger partial charge is 0.508 e. The minimum absolute atomic E-state index is 0.0582. The summed E-state index contributed by atoms with van der Waals surface area (Å²) in [5, 5.41) is 9.65. The van der Waals surface area contributed by atoms with E-state index in [4.69, 9.17) is 1.37 Å². The van der Waals surface area contributed by atoms with Crippen molar-refractivity contribution < 1.29 is 6.48 Å². The smallest absolute Gasteiger partial charge is 0.119 e. The lowest BCUT2D eigenvalue weighted by Gasteiger charge is -2.17. The lowest BCUT2D eigenvalue weighted by atomic mass is 9.89. The van der Waals surface area contributed by atoms with Crippen molar-refractivity contribution in [3.8, 4) is 5.75 Å². The summed E-state index contributed by atoms with van der Waals surface area (Å²) in [5.41, 5.74) is 0.982. The van der Waals surface area contributed by atoms with Crippen LogP contribution < -0.4 is 0 Å². The van der Waals surface area contributed by atoms with E-state index in [0.717, 1.165) is 18.4 Å². The number of para-hydroxylation sites is 1. The van der Waals surface area contributed by atoms with Gasteiger partial charge in [0.25, 0.3) is 0 Å². The van der Waals surface area contributed by atoms with Crippen molar-refractivity contribution in [2.45, 2.75) is 25.2 Å². The normalized spacial score (nSPS) is 28.5. The molecule has 1 aliphatic rings. The third-order valence-corrected chi connectivity index (χ3v) is 2.46. The number of hydrogen-bond acceptors (Lipinski definition) is 1. The fraction of sp³-hybridized carbons (Fsp3) is 0.333. The van der Waals surface area contributed by atoms with Crippen molar-refractivity contribution in [3.63, 3.8) is 0 Å². The van der Waals surface area contributed by atoms with Crippen LogP contribution in [0.3, 0.4) is 0 Å². The van der Waals surface area contributed by atoms with E-state index < -0.39 is 0 Å². The lowest BCUT2D eigenvalue weighted by molar-refractivity contribution is 0.462. The molecule has 0 fully saturated rings. The van der Waals surface area contributed by atoms with Crippen LogP contribution >= 0.6 is 0 Å². The molecule has 1 aliphatic carbocycles. The highest BCUT2D eigenvalue weighted by Crippen LogP contribution is 2.32. The van der Waals surface area contributed by atoms with Crippen LogP contribution in [0.5, 0.6) is 5.75 Å². The van der Waals surface area contributed by atoms with Crippen LogP contribution in [0.15, 0.2) is 36.4 Å². The van der Waals surface area contributed by atoms with Crippen LogP contribution in [-0.2, 0) is 0 Å². The molecule has 2 rings (SSSR count). The average Bonchev–Trinajstić information content (AvgIpc) is 2.20. The van der Waals surface area contributed by atoms with E-state index in [1.807, 2.05) is 30.4 Å². The summed E-state index contributed by atoms with van der Waals surface area (Å²) < 4.78 is 7.53. The van der Waals surface area contributed by atoms with Gasteiger partial charge in [0.2, 0.25) is 0 Å². The number of hydrogen-bond donors (Lipinski definition) is 1. The Balaban J connectivity index is 2.24. The van der Waals surface area contributed by atoms with Gasteiger partial charge in [-0.15, -0.1) is 0 Å². The lowest BCUT2D eigenvalue weighted by Crippen LogP contribution is -1.99. The summed E-state index contributed by atoms with van der Waals surface area (Å²) in [5.74, 6) is 0.656. The fourth-order valence-corrected chi connectivity index (χ4v) is 1.74. The first-order valence-corrected chi connectivity index (χ1v) is 4.66. The van der Waals surface area contributed by atoms with Gasteiger partial charge >= 0.3 is 0 Å². The second kappa shape index (κ2) is 3.65. The molecule has 0 bridgehead atoms. The molecule has 1 aromatic carbocycles. The van der Waals surface area contributed by atoms with Crippen LogP contribution in [0, 0.1) is 0 Å². The molecule has 2 unspecified atom stereocenters. The van der Waals surface area contributed by atoms with Gasteiger partial charge in [-0.25, -0.2) is 0 Å². The zero-order valence-corrected chi connectivity index (χ0v) is 7.48. The molecule has 0 heterocycles. The molecule has 0 aliphatic heterocycles. The zero-order valence-electron chi connectivity index (χ0n) is 8.48. The Morgan fingerprint density at radius 1 is 1.38 bits per heavy atom. The Morgan fingerprint density at radius 2 is 2.23 bits per heavy atom. The third kappa shape index (κ3) is 1.74. The maximum Gasteiger partial charge on any atom is 0.119 e. The van der Waals surface area contributed by atoms with Crippen molar-refractivity contribution in [2.75, 3.05) is 0 Å². The first-order valence-electron chi connectivity index (χ1n) is 5.23. The van der Waals surface area contributed by atoms with E-state index in [1.54, 1.807) is 6.07 Å². The standard InChI is InChI=1S/C12H14O/c13-12-9-5-4-8-11(12)10-6-2-1-3-7-10/h2,4-6,8-10,13H,1,3,7H2/i1D. The maximum absolute atomic E-state index is 9.65. The van der Waals surface area contributed by atoms with Gasteiger partial charge in [-0.2, -0.15) is 0 Å². The Labute approximate surface area is 80.1 Å². The van der Waals surface area contributed by atoms with E-state index in [2.05, 4.69) is 0 Å². The Hall–Kier alpha value is -1.24. The van der Waals surface area contributed by atoms with Gasteiger partial charge in [-0.1, -0.05) is 30.4 Å². The summed E-state index contributed by atoms with van der Waals surface area (Å²) in [6.45, 7) is 0. The summed E-state index contributed by atoms with van der Waals surface area (Å²) >= 11 is 0. The molecule has 0 aromatic heterocycles. The molecule has 0 saturated carbocycles. The van der Waals surface area contributed by atoms with Gasteiger partial charge in [0.1, 0.15) is 5.75 Å². The molecule has 0 radical (unpaired) electrons. The quantitative estimate of drug-likeness (QED) is 0.650. The summed E-state index contributed by atoms with van der Waals surface area (Å²) in [6, 6.07) is 7.44. The molecule has 0 saturated heterocycles. The van der Waals surface area contributed by atoms with Crippen molar-refractivity contribution in [3.05, 3.63) is 42.0 Å². The molecule has 1 heteroatoms. The molecule has 68 valence electrons. The van der Waals surface area contributed by atoms with Crippen molar-refractivity contribution >= 4 is 0 Å². The van der Waals surface area contributed by atoms with Gasteiger partial charge in [-0.05, 0) is 25.3 Å². The second-order valence-electron chi connectivity index (χ2n) is 3.36. The highest BCUT2D eigenvalue weighted by atomic mass is 16.3. The van der Waals surface area contributed by atoms with Crippen molar-refractivity contribution in [1.29, 1.82) is 0 Å². The van der Waals surface area contributed by atoms with Crippen molar-refractivity contribution in [2.24, 2.45) is 0 Å². The van der Waals surface area contributed by atoms with Gasteiger partial charge < -0.3 is 5.11 Å². The first-order chi connectivity index (χ1) is 6.77. The SMILES string of the molecule is [2H]C1C=CC(c2ccccc2O)CC1. The molecule has 0 amide bonds. The van der Waals surface area contributed by atoms with E-state index in [1.165, 1.54) is 0 Å². The molecular formula is C12H14O. The predicted octanol–water partition coefficient (Wildman–Crippen LogP) is 3.22. The average molecular weight is 175 g/mol. The Bertz CT molecular complexity index is 346. The van der Waals surface area contributed by atoms with Gasteiger partial charge in [-0.3, -0.25) is 0 Å². The molecule has 0 spiro atoms. The number of aromatic hydroxyl groups is 1. The van der Waals surface area contributed by atoms with E-state index in [-0.39, 0.29) is 12.3 Å². The number of benzene rings is 1. The van der Waals surface area contributed by atoms with Crippen LogP contribution in [0.4, 0.5) is 0 Å². The molecule has 1 nitrogen and oxygen atoms in total. The molecule has 13 heavy (non-hydrogen) atoms. The Morgan fingerprint density at radius 3 is 2.92 bits per heavy atom. The number of phenolic OH excluding ortho intramolecular Hbond substituents is 1. The number of rotatable bonds is 1. The first kappa shape index (κ1) is 7.19. The maximum atomic E-state index is 9.65. The zero-order chi connectivity index (χ0) is 9.97. The summed E-state index contributed by atoms with van der Waals surface area (Å²) in [4.78, 5) is 0. The summed E-state index contributed by atoms with van der Waals surface area (Å²) in [7, 11) is 0. The van der Waals surface area contributed by atoms with Gasteiger partial charge in [0.05, 0.1) is 0 Å². The van der Waals surface area contributed by atoms with Crippen LogP contribution in [0.1, 0.15) is 32.1 Å². The molecule has 1 N–H and O–H groups in total. The number of phenols is 1. The Kier molecular flexibility index (Phi) is 2.02. The second-order valence-corrected chi connectivity index (χ2v) is 3.36. The topological polar surface area (TPSA) is 20.2 Å². The van der Waals surface area contributed by atoms with Gasteiger partial charge in [0, 0.05) is 12.9 Å². The van der Waals surface area contributed by atoms with E-state index in [0.29, 0.717) is 5.75 Å². The molecular weight excluding hydrogens is 160 g/mol. The van der Waals surface area contributed by atoms with Crippen LogP contribution in [0.2, 0.25) is 0 Å². The van der Waals surface area contributed by atoms with Crippen LogP contribution in [0.25, 0.3) is 0 Å².